The maximum absolute atomic E-state index is 11.4. The summed E-state index contributed by atoms with van der Waals surface area (Å²) in [6.45, 7) is 1.58. The van der Waals surface area contributed by atoms with E-state index in [1.54, 1.807) is 6.92 Å². The molecule has 0 aromatic rings. The van der Waals surface area contributed by atoms with Crippen LogP contribution < -0.4 is 0 Å². The van der Waals surface area contributed by atoms with Crippen molar-refractivity contribution in [3.05, 3.63) is 0 Å². The molecule has 2 atom stereocenters. The molecule has 23 heavy (non-hydrogen) atoms. The van der Waals surface area contributed by atoms with Gasteiger partial charge in [0.25, 0.3) is 0 Å². The van der Waals surface area contributed by atoms with Crippen LogP contribution in [0.25, 0.3) is 0 Å². The number of carbonyl (C=O) groups is 1. The highest BCUT2D eigenvalue weighted by Crippen LogP contribution is 2.61. The van der Waals surface area contributed by atoms with Gasteiger partial charge in [-0.25, -0.2) is 0 Å². The van der Waals surface area contributed by atoms with E-state index in [9.17, 15) is 4.79 Å². The largest absolute Gasteiger partial charge is 0.463 e. The SMILES string of the molecule is CC(=O)OC1CCCC(P(C2CCCCC2)C2CCCCC2)C1. The lowest BCUT2D eigenvalue weighted by Crippen LogP contribution is -2.33. The molecule has 2 unspecified atom stereocenters. The van der Waals surface area contributed by atoms with Gasteiger partial charge in [-0.05, 0) is 68.3 Å². The second-order valence-electron chi connectivity index (χ2n) is 8.08. The van der Waals surface area contributed by atoms with E-state index in [-0.39, 0.29) is 20.0 Å². The number of ether oxygens (including phenoxy) is 1. The highest BCUT2D eigenvalue weighted by molar-refractivity contribution is 7.60. The molecule has 0 bridgehead atoms. The van der Waals surface area contributed by atoms with Gasteiger partial charge in [0, 0.05) is 6.92 Å². The summed E-state index contributed by atoms with van der Waals surface area (Å²) in [6, 6.07) is 0. The highest BCUT2D eigenvalue weighted by Gasteiger charge is 2.38. The van der Waals surface area contributed by atoms with Gasteiger partial charge in [0.15, 0.2) is 0 Å². The van der Waals surface area contributed by atoms with Gasteiger partial charge in [0.05, 0.1) is 0 Å². The minimum Gasteiger partial charge on any atom is -0.463 e. The molecule has 0 saturated heterocycles. The average Bonchev–Trinajstić information content (AvgIpc) is 2.57. The summed E-state index contributed by atoms with van der Waals surface area (Å²) in [5, 5.41) is 0. The maximum Gasteiger partial charge on any atom is 0.302 e. The standard InChI is InChI=1S/C20H35O2P/c1-16(21)22-17-9-8-14-20(15-17)23(18-10-4-2-5-11-18)19-12-6-3-7-13-19/h17-20H,2-15H2,1H3. The predicted octanol–water partition coefficient (Wildman–Crippen LogP) is 6.01. The molecule has 0 aromatic carbocycles. The van der Waals surface area contributed by atoms with Crippen LogP contribution in [0.5, 0.6) is 0 Å². The molecule has 3 fully saturated rings. The zero-order chi connectivity index (χ0) is 16.1. The van der Waals surface area contributed by atoms with E-state index < -0.39 is 0 Å². The van der Waals surface area contributed by atoms with Gasteiger partial charge in [0.2, 0.25) is 0 Å². The molecule has 3 rings (SSSR count). The zero-order valence-corrected chi connectivity index (χ0v) is 15.9. The Balaban J connectivity index is 1.69. The molecule has 3 saturated carbocycles. The number of esters is 1. The molecule has 0 aliphatic heterocycles. The van der Waals surface area contributed by atoms with Gasteiger partial charge < -0.3 is 4.74 Å². The van der Waals surface area contributed by atoms with Crippen molar-refractivity contribution >= 4 is 13.9 Å². The first-order valence-corrected chi connectivity index (χ1v) is 11.7. The molecule has 3 aliphatic rings. The number of rotatable bonds is 4. The molecule has 2 nitrogen and oxygen atoms in total. The Morgan fingerprint density at radius 3 is 1.78 bits per heavy atom. The van der Waals surface area contributed by atoms with Gasteiger partial charge in [-0.3, -0.25) is 4.79 Å². The van der Waals surface area contributed by atoms with Crippen LogP contribution in [0, 0.1) is 0 Å². The van der Waals surface area contributed by atoms with Crippen molar-refractivity contribution in [2.24, 2.45) is 0 Å². The van der Waals surface area contributed by atoms with Crippen LogP contribution in [0.4, 0.5) is 0 Å². The predicted molar refractivity (Wildman–Crippen MR) is 98.5 cm³/mol. The van der Waals surface area contributed by atoms with Crippen molar-refractivity contribution in [3.8, 4) is 0 Å². The van der Waals surface area contributed by atoms with Crippen LogP contribution in [0.1, 0.15) is 96.8 Å². The monoisotopic (exact) mass is 338 g/mol. The lowest BCUT2D eigenvalue weighted by atomic mass is 9.97. The quantitative estimate of drug-likeness (QED) is 0.463. The van der Waals surface area contributed by atoms with Crippen LogP contribution in [0.2, 0.25) is 0 Å². The highest BCUT2D eigenvalue weighted by atomic mass is 31.1. The van der Waals surface area contributed by atoms with Crippen molar-refractivity contribution < 1.29 is 9.53 Å². The van der Waals surface area contributed by atoms with Gasteiger partial charge in [-0.15, -0.1) is 0 Å². The molecule has 0 amide bonds. The summed E-state index contributed by atoms with van der Waals surface area (Å²) in [7, 11) is 0.142. The Morgan fingerprint density at radius 2 is 1.26 bits per heavy atom. The number of hydrogen-bond donors (Lipinski definition) is 0. The summed E-state index contributed by atoms with van der Waals surface area (Å²) >= 11 is 0. The van der Waals surface area contributed by atoms with E-state index in [0.29, 0.717) is 0 Å². The van der Waals surface area contributed by atoms with E-state index in [2.05, 4.69) is 0 Å². The second kappa shape index (κ2) is 8.84. The number of carbonyl (C=O) groups excluding carboxylic acids is 1. The Labute approximate surface area is 143 Å². The summed E-state index contributed by atoms with van der Waals surface area (Å²) in [5.41, 5.74) is 2.94. The molecule has 3 aliphatic carbocycles. The molecule has 0 aromatic heterocycles. The van der Waals surface area contributed by atoms with Gasteiger partial charge in [0.1, 0.15) is 6.10 Å². The summed E-state index contributed by atoms with van der Waals surface area (Å²) in [4.78, 5) is 11.4. The first kappa shape index (κ1) is 17.7. The zero-order valence-electron chi connectivity index (χ0n) is 15.0. The molecule has 0 radical (unpaired) electrons. The maximum atomic E-state index is 11.4. The van der Waals surface area contributed by atoms with Gasteiger partial charge in [-0.2, -0.15) is 0 Å². The van der Waals surface area contributed by atoms with E-state index in [1.165, 1.54) is 83.5 Å². The van der Waals surface area contributed by atoms with Gasteiger partial charge >= 0.3 is 5.97 Å². The Kier molecular flexibility index (Phi) is 6.81. The van der Waals surface area contributed by atoms with E-state index in [1.807, 2.05) is 0 Å². The summed E-state index contributed by atoms with van der Waals surface area (Å²) in [5.74, 6) is -0.0738. The first-order valence-electron chi connectivity index (χ1n) is 10.2. The third-order valence-electron chi connectivity index (χ3n) is 6.35. The second-order valence-corrected chi connectivity index (χ2v) is 11.2. The van der Waals surface area contributed by atoms with E-state index >= 15 is 0 Å². The lowest BCUT2D eigenvalue weighted by Gasteiger charge is -2.45. The Bertz CT molecular complexity index is 354. The smallest absolute Gasteiger partial charge is 0.302 e. The van der Waals surface area contributed by atoms with Crippen molar-refractivity contribution in [3.63, 3.8) is 0 Å². The van der Waals surface area contributed by atoms with Crippen molar-refractivity contribution in [2.75, 3.05) is 0 Å². The topological polar surface area (TPSA) is 26.3 Å². The summed E-state index contributed by atoms with van der Waals surface area (Å²) in [6.07, 6.45) is 20.0. The molecule has 3 heteroatoms. The molecule has 0 spiro atoms. The fourth-order valence-corrected chi connectivity index (χ4v) is 10.1. The molecular formula is C20H35O2P. The third-order valence-corrected chi connectivity index (χ3v) is 10.4. The van der Waals surface area contributed by atoms with Crippen LogP contribution in [0.3, 0.4) is 0 Å². The van der Waals surface area contributed by atoms with Crippen molar-refractivity contribution in [1.82, 2.24) is 0 Å². The number of hydrogen-bond acceptors (Lipinski definition) is 2. The molecule has 132 valence electrons. The Hall–Kier alpha value is -0.100. The molecule has 0 N–H and O–H groups in total. The van der Waals surface area contributed by atoms with Crippen LogP contribution in [-0.2, 0) is 9.53 Å². The van der Waals surface area contributed by atoms with Crippen LogP contribution in [0.15, 0.2) is 0 Å². The van der Waals surface area contributed by atoms with E-state index in [0.717, 1.165) is 23.4 Å². The molecular weight excluding hydrogens is 303 g/mol. The third kappa shape index (κ3) is 4.94. The van der Waals surface area contributed by atoms with Crippen molar-refractivity contribution in [1.29, 1.82) is 0 Å². The first-order chi connectivity index (χ1) is 11.2. The molecule has 0 heterocycles. The lowest BCUT2D eigenvalue weighted by molar-refractivity contribution is -0.147. The minimum atomic E-state index is -0.0738. The van der Waals surface area contributed by atoms with Gasteiger partial charge in [-0.1, -0.05) is 46.4 Å². The normalized spacial score (nSPS) is 31.2. The average molecular weight is 338 g/mol. The fourth-order valence-electron chi connectivity index (χ4n) is 5.39. The minimum absolute atomic E-state index is 0.0738. The van der Waals surface area contributed by atoms with Crippen LogP contribution in [-0.4, -0.2) is 29.1 Å². The van der Waals surface area contributed by atoms with Crippen molar-refractivity contribution in [2.45, 2.75) is 120 Å². The summed E-state index contributed by atoms with van der Waals surface area (Å²) < 4.78 is 5.62. The van der Waals surface area contributed by atoms with E-state index in [4.69, 9.17) is 4.74 Å². The fraction of sp³-hybridized carbons (Fsp3) is 0.950. The Morgan fingerprint density at radius 1 is 0.739 bits per heavy atom. The van der Waals surface area contributed by atoms with Crippen LogP contribution >= 0.6 is 7.92 Å².